The topological polar surface area (TPSA) is 131 Å². The molecule has 0 N–H and O–H groups in total. The van der Waals surface area contributed by atoms with Gasteiger partial charge in [-0.05, 0) is 114 Å². The lowest BCUT2D eigenvalue weighted by Gasteiger charge is -2.30. The second-order valence-electron chi connectivity index (χ2n) is 16.9. The molecule has 0 radical (unpaired) electrons. The lowest BCUT2D eigenvalue weighted by Crippen LogP contribution is -2.26. The zero-order chi connectivity index (χ0) is 38.1. The number of fused-ring (bicyclic) bond motifs is 10. The minimum absolute atomic E-state index is 0.245. The lowest BCUT2D eigenvalue weighted by atomic mass is 9.72. The highest BCUT2D eigenvalue weighted by molar-refractivity contribution is 5.96. The third-order valence-electron chi connectivity index (χ3n) is 12.4. The number of aryl methyl sites for hydroxylation is 1. The molecule has 55 heavy (non-hydrogen) atoms. The van der Waals surface area contributed by atoms with Crippen molar-refractivity contribution < 1.29 is 17.7 Å². The van der Waals surface area contributed by atoms with Crippen LogP contribution in [0.4, 0.5) is 0 Å². The first-order chi connectivity index (χ1) is 26.1. The average Bonchev–Trinajstić information content (AvgIpc) is 3.69. The molecule has 10 heteroatoms. The van der Waals surface area contributed by atoms with Crippen LogP contribution in [0, 0.1) is 6.92 Å². The van der Waals surface area contributed by atoms with Crippen molar-refractivity contribution in [3.05, 3.63) is 142 Å². The third-order valence-corrected chi connectivity index (χ3v) is 12.4. The summed E-state index contributed by atoms with van der Waals surface area (Å²) in [7, 11) is 1.47. The van der Waals surface area contributed by atoms with Crippen LogP contribution in [0.3, 0.4) is 0 Å². The fourth-order valence-electron chi connectivity index (χ4n) is 9.97. The third kappa shape index (κ3) is 4.08. The van der Waals surface area contributed by atoms with Crippen molar-refractivity contribution in [2.45, 2.75) is 63.7 Å². The van der Waals surface area contributed by atoms with Crippen LogP contribution in [-0.2, 0) is 23.3 Å². The van der Waals surface area contributed by atoms with Crippen molar-refractivity contribution in [1.29, 1.82) is 0 Å². The van der Waals surface area contributed by atoms with Gasteiger partial charge in [0.05, 0.1) is 27.2 Å². The number of hydrogen-bond donors (Lipinski definition) is 0. The molecule has 1 spiro atoms. The van der Waals surface area contributed by atoms with Crippen molar-refractivity contribution in [1.82, 2.24) is 9.13 Å². The van der Waals surface area contributed by atoms with E-state index in [1.54, 1.807) is 36.4 Å². The molecule has 0 fully saturated rings. The normalized spacial score (nSPS) is 18.5. The highest BCUT2D eigenvalue weighted by Crippen LogP contribution is 2.63. The maximum absolute atomic E-state index is 13.6. The molecule has 1 unspecified atom stereocenters. The maximum Gasteiger partial charge on any atom is 0.266 e. The highest BCUT2D eigenvalue weighted by atomic mass is 16.4. The maximum atomic E-state index is 13.6. The quantitative estimate of drug-likeness (QED) is 0.154. The van der Waals surface area contributed by atoms with E-state index in [2.05, 4.69) is 52.0 Å². The van der Waals surface area contributed by atoms with E-state index in [-0.39, 0.29) is 32.7 Å². The van der Waals surface area contributed by atoms with E-state index in [0.717, 1.165) is 45.2 Å². The van der Waals surface area contributed by atoms with Gasteiger partial charge in [0.25, 0.3) is 22.2 Å². The highest BCUT2D eigenvalue weighted by Gasteiger charge is 2.56. The average molecular weight is 731 g/mol. The molecular formula is C45H34N2O8. The summed E-state index contributed by atoms with van der Waals surface area (Å²) in [6.45, 7) is 10.9. The summed E-state index contributed by atoms with van der Waals surface area (Å²) in [4.78, 5) is 52.7. The van der Waals surface area contributed by atoms with Crippen molar-refractivity contribution >= 4 is 66.2 Å². The monoisotopic (exact) mass is 730 g/mol. The van der Waals surface area contributed by atoms with E-state index in [1.807, 2.05) is 19.1 Å². The van der Waals surface area contributed by atoms with E-state index in [1.165, 1.54) is 11.6 Å². The van der Waals surface area contributed by atoms with Crippen molar-refractivity contribution in [3.63, 3.8) is 0 Å². The van der Waals surface area contributed by atoms with Gasteiger partial charge < -0.3 is 17.7 Å². The van der Waals surface area contributed by atoms with Gasteiger partial charge in [0.1, 0.15) is 0 Å². The van der Waals surface area contributed by atoms with Crippen LogP contribution in [0.1, 0.15) is 68.4 Å². The Labute approximate surface area is 310 Å². The van der Waals surface area contributed by atoms with E-state index in [0.29, 0.717) is 61.1 Å². The molecule has 2 aliphatic rings. The number of nitrogens with zero attached hydrogens (tertiary/aromatic N) is 2. The number of hydrogen-bond acceptors (Lipinski definition) is 8. The molecular weight excluding hydrogens is 697 g/mol. The molecule has 0 saturated heterocycles. The predicted octanol–water partition coefficient (Wildman–Crippen LogP) is 8.50. The molecule has 0 aliphatic heterocycles. The predicted molar refractivity (Wildman–Crippen MR) is 211 cm³/mol. The van der Waals surface area contributed by atoms with Crippen LogP contribution < -0.4 is 22.2 Å². The Morgan fingerprint density at radius 3 is 1.18 bits per heavy atom. The second kappa shape index (κ2) is 10.0. The summed E-state index contributed by atoms with van der Waals surface area (Å²) in [6.07, 6.45) is 1.64. The molecule has 9 aromatic rings. The fraction of sp³-hybridized carbons (Fsp3) is 0.244. The summed E-state index contributed by atoms with van der Waals surface area (Å²) in [5.41, 5.74) is 7.34. The first-order valence-corrected chi connectivity index (χ1v) is 18.4. The van der Waals surface area contributed by atoms with Crippen LogP contribution >= 0.6 is 0 Å². The molecule has 272 valence electrons. The summed E-state index contributed by atoms with van der Waals surface area (Å²) in [5.74, 6) is 0. The molecule has 0 amide bonds. The Bertz CT molecular complexity index is 3490. The van der Waals surface area contributed by atoms with Crippen LogP contribution in [-0.4, -0.2) is 9.13 Å². The molecule has 4 heterocycles. The lowest BCUT2D eigenvalue weighted by molar-refractivity contribution is 0.349. The van der Waals surface area contributed by atoms with E-state index < -0.39 is 16.5 Å². The smallest absolute Gasteiger partial charge is 0.266 e. The first kappa shape index (κ1) is 32.0. The van der Waals surface area contributed by atoms with E-state index in [9.17, 15) is 19.2 Å². The molecule has 11 rings (SSSR count). The van der Waals surface area contributed by atoms with Gasteiger partial charge in [-0.25, -0.2) is 4.57 Å². The van der Waals surface area contributed by atoms with Gasteiger partial charge in [0.2, 0.25) is 0 Å². The molecule has 5 aromatic carbocycles. The van der Waals surface area contributed by atoms with E-state index >= 15 is 0 Å². The van der Waals surface area contributed by atoms with Gasteiger partial charge in [-0.3, -0.25) is 23.7 Å². The summed E-state index contributed by atoms with van der Waals surface area (Å²) >= 11 is 0. The van der Waals surface area contributed by atoms with E-state index in [4.69, 9.17) is 17.7 Å². The molecule has 10 nitrogen and oxygen atoms in total. The fourth-order valence-corrected chi connectivity index (χ4v) is 9.97. The number of aromatic nitrogens is 2. The van der Waals surface area contributed by atoms with Gasteiger partial charge in [0.15, 0.2) is 44.7 Å². The summed E-state index contributed by atoms with van der Waals surface area (Å²) in [6, 6.07) is 22.0. The Balaban J connectivity index is 1.12. The van der Waals surface area contributed by atoms with Crippen LogP contribution in [0.15, 0.2) is 110 Å². The van der Waals surface area contributed by atoms with Gasteiger partial charge >= 0.3 is 0 Å². The summed E-state index contributed by atoms with van der Waals surface area (Å²) in [5, 5.41) is 1.13. The van der Waals surface area contributed by atoms with Gasteiger partial charge in [-0.1, -0.05) is 45.4 Å². The summed E-state index contributed by atoms with van der Waals surface area (Å²) < 4.78 is 28.2. The Kier molecular flexibility index (Phi) is 5.83. The SMILES string of the molecule is Cc1ccc(-n2c(=O)c3cc4oc5cc6c(cc5oc4cc3c2=O)C2(CC(C)(C)c3cc4oc5cc7c(=O)n(C)c(=O)c7cc5oc4cc32)CC6(C)C)cc1. The molecule has 4 aromatic heterocycles. The van der Waals surface area contributed by atoms with Crippen molar-refractivity contribution in [2.24, 2.45) is 7.05 Å². The largest absolute Gasteiger partial charge is 0.449 e. The van der Waals surface area contributed by atoms with Crippen LogP contribution in [0.2, 0.25) is 0 Å². The second-order valence-corrected chi connectivity index (χ2v) is 16.9. The Morgan fingerprint density at radius 2 is 0.800 bits per heavy atom. The number of rotatable bonds is 1. The minimum Gasteiger partial charge on any atom is -0.449 e. The van der Waals surface area contributed by atoms with Gasteiger partial charge in [-0.2, -0.15) is 0 Å². The standard InChI is InChI=1S/C45H34N2O8/c1-21-7-9-22(10-8-21)47-41(50)25-13-33-34(14-26(25)42(47)51)55-38-18-30-28(16-36(38)53-33)44(4,5)20-45(30)19-43(2,3)27-15-35-37(17-29(27)45)54-32-12-24-23(11-31(32)52-35)39(48)46(6)40(24)49/h7-18H,19-20H2,1-6H3. The minimum atomic E-state index is -0.410. The molecule has 0 saturated carbocycles. The van der Waals surface area contributed by atoms with Gasteiger partial charge in [0, 0.05) is 12.5 Å². The van der Waals surface area contributed by atoms with Crippen molar-refractivity contribution in [3.8, 4) is 5.69 Å². The molecule has 2 aliphatic carbocycles. The molecule has 1 atom stereocenters. The van der Waals surface area contributed by atoms with Crippen molar-refractivity contribution in [2.75, 3.05) is 0 Å². The Hall–Kier alpha value is -6.42. The molecule has 0 bridgehead atoms. The Morgan fingerprint density at radius 1 is 0.473 bits per heavy atom. The van der Waals surface area contributed by atoms with Crippen LogP contribution in [0.25, 0.3) is 71.9 Å². The first-order valence-electron chi connectivity index (χ1n) is 18.4. The zero-order valence-corrected chi connectivity index (χ0v) is 31.0. The zero-order valence-electron chi connectivity index (χ0n) is 31.0. The van der Waals surface area contributed by atoms with Crippen LogP contribution in [0.5, 0.6) is 0 Å². The van der Waals surface area contributed by atoms with Gasteiger partial charge in [-0.15, -0.1) is 0 Å². The number of benzene rings is 5.